The number of aliphatic hydroxyl groups excluding tert-OH is 1. The molecule has 1 aromatic heterocycles. The molecule has 0 bridgehead atoms. The molecule has 1 N–H and O–H groups in total. The number of thiophene rings is 1. The number of ether oxygens (including phenoxy) is 1. The first-order valence-corrected chi connectivity index (χ1v) is 8.11. The zero-order valence-corrected chi connectivity index (χ0v) is 11.8. The van der Waals surface area contributed by atoms with E-state index in [0.29, 0.717) is 35.2 Å². The van der Waals surface area contributed by atoms with Gasteiger partial charge in [0.2, 0.25) is 0 Å². The minimum atomic E-state index is -3.45. The Morgan fingerprint density at radius 2 is 2.33 bits per heavy atom. The van der Waals surface area contributed by atoms with Crippen molar-refractivity contribution >= 4 is 21.4 Å². The van der Waals surface area contributed by atoms with Gasteiger partial charge in [-0.05, 0) is 25.5 Å². The second kappa shape index (κ2) is 5.66. The first kappa shape index (κ1) is 14.0. The quantitative estimate of drug-likeness (QED) is 0.903. The van der Waals surface area contributed by atoms with Gasteiger partial charge in [-0.2, -0.15) is 4.31 Å². The van der Waals surface area contributed by atoms with E-state index in [1.54, 1.807) is 12.1 Å². The Labute approximate surface area is 111 Å². The van der Waals surface area contributed by atoms with Crippen LogP contribution in [0, 0.1) is 0 Å². The van der Waals surface area contributed by atoms with Crippen LogP contribution in [-0.4, -0.2) is 43.6 Å². The van der Waals surface area contributed by atoms with E-state index in [2.05, 4.69) is 0 Å². The fourth-order valence-electron chi connectivity index (χ4n) is 1.88. The fourth-order valence-corrected chi connectivity index (χ4v) is 4.81. The molecule has 2 heterocycles. The van der Waals surface area contributed by atoms with Gasteiger partial charge in [-0.3, -0.25) is 0 Å². The third kappa shape index (κ3) is 2.92. The average Bonchev–Trinajstić information content (AvgIpc) is 2.72. The maximum Gasteiger partial charge on any atom is 0.252 e. The normalized spacial score (nSPS) is 22.9. The summed E-state index contributed by atoms with van der Waals surface area (Å²) in [6.07, 6.45) is 0.626. The Kier molecular flexibility index (Phi) is 4.39. The number of hydrogen-bond donors (Lipinski definition) is 1. The number of nitrogens with zero attached hydrogens (tertiary/aromatic N) is 1. The summed E-state index contributed by atoms with van der Waals surface area (Å²) >= 11 is 1.12. The molecule has 1 saturated heterocycles. The molecule has 1 aliphatic heterocycles. The third-order valence-electron chi connectivity index (χ3n) is 2.80. The minimum Gasteiger partial charge on any atom is -0.391 e. The first-order chi connectivity index (χ1) is 8.54. The molecule has 5 nitrogen and oxygen atoms in total. The molecule has 18 heavy (non-hydrogen) atoms. The molecule has 1 fully saturated rings. The molecular weight excluding hydrogens is 274 g/mol. The van der Waals surface area contributed by atoms with E-state index in [-0.39, 0.29) is 12.7 Å². The van der Waals surface area contributed by atoms with E-state index in [4.69, 9.17) is 9.84 Å². The lowest BCUT2D eigenvalue weighted by Gasteiger charge is -2.20. The van der Waals surface area contributed by atoms with Crippen molar-refractivity contribution in [2.45, 2.75) is 30.3 Å². The van der Waals surface area contributed by atoms with E-state index in [1.807, 2.05) is 6.92 Å². The minimum absolute atomic E-state index is 0.0838. The SMILES string of the molecule is CC1CN(S(=O)(=O)c2ccc(CO)s2)CCCO1. The predicted molar refractivity (Wildman–Crippen MR) is 69.0 cm³/mol. The highest BCUT2D eigenvalue weighted by Crippen LogP contribution is 2.26. The topological polar surface area (TPSA) is 66.8 Å². The summed E-state index contributed by atoms with van der Waals surface area (Å²) in [5.41, 5.74) is 0. The summed E-state index contributed by atoms with van der Waals surface area (Å²) < 4.78 is 32.0. The van der Waals surface area contributed by atoms with Gasteiger partial charge in [-0.1, -0.05) is 0 Å². The van der Waals surface area contributed by atoms with E-state index in [9.17, 15) is 8.42 Å². The van der Waals surface area contributed by atoms with Gasteiger partial charge in [0, 0.05) is 24.6 Å². The second-order valence-electron chi connectivity index (χ2n) is 4.28. The van der Waals surface area contributed by atoms with Gasteiger partial charge in [0.05, 0.1) is 12.7 Å². The summed E-state index contributed by atoms with van der Waals surface area (Å²) in [6.45, 7) is 3.22. The summed E-state index contributed by atoms with van der Waals surface area (Å²) in [5, 5.41) is 9.00. The van der Waals surface area contributed by atoms with Crippen LogP contribution in [0.2, 0.25) is 0 Å². The molecule has 0 saturated carbocycles. The highest BCUT2D eigenvalue weighted by atomic mass is 32.2. The molecule has 0 radical (unpaired) electrons. The van der Waals surface area contributed by atoms with Crippen LogP contribution in [0.3, 0.4) is 0 Å². The zero-order chi connectivity index (χ0) is 13.2. The molecule has 2 rings (SSSR count). The van der Waals surface area contributed by atoms with Crippen molar-refractivity contribution in [3.05, 3.63) is 17.0 Å². The van der Waals surface area contributed by atoms with Crippen molar-refractivity contribution < 1.29 is 18.3 Å². The lowest BCUT2D eigenvalue weighted by molar-refractivity contribution is 0.0752. The van der Waals surface area contributed by atoms with E-state index < -0.39 is 10.0 Å². The molecule has 0 aromatic carbocycles. The number of aliphatic hydroxyl groups is 1. The highest BCUT2D eigenvalue weighted by Gasteiger charge is 2.28. The van der Waals surface area contributed by atoms with Crippen LogP contribution in [0.5, 0.6) is 0 Å². The van der Waals surface area contributed by atoms with Gasteiger partial charge in [-0.15, -0.1) is 11.3 Å². The molecule has 1 aliphatic rings. The van der Waals surface area contributed by atoms with Crippen LogP contribution < -0.4 is 0 Å². The molecule has 7 heteroatoms. The number of hydrogen-bond acceptors (Lipinski definition) is 5. The fraction of sp³-hybridized carbons (Fsp3) is 0.636. The maximum atomic E-state index is 12.4. The van der Waals surface area contributed by atoms with Crippen LogP contribution in [0.15, 0.2) is 16.3 Å². The van der Waals surface area contributed by atoms with Gasteiger partial charge < -0.3 is 9.84 Å². The Bertz CT molecular complexity index is 497. The Morgan fingerprint density at radius 3 is 3.00 bits per heavy atom. The molecule has 102 valence electrons. The largest absolute Gasteiger partial charge is 0.391 e. The monoisotopic (exact) mass is 291 g/mol. The number of rotatable bonds is 3. The highest BCUT2D eigenvalue weighted by molar-refractivity contribution is 7.91. The molecular formula is C11H17NO4S2. The molecule has 1 unspecified atom stereocenters. The molecule has 0 spiro atoms. The van der Waals surface area contributed by atoms with Crippen LogP contribution in [0.1, 0.15) is 18.2 Å². The zero-order valence-electron chi connectivity index (χ0n) is 10.2. The number of sulfonamides is 1. The van der Waals surface area contributed by atoms with Crippen molar-refractivity contribution in [2.75, 3.05) is 19.7 Å². The van der Waals surface area contributed by atoms with Crippen molar-refractivity contribution in [1.29, 1.82) is 0 Å². The van der Waals surface area contributed by atoms with Gasteiger partial charge >= 0.3 is 0 Å². The summed E-state index contributed by atoms with van der Waals surface area (Å²) in [5.74, 6) is 0. The van der Waals surface area contributed by atoms with Crippen molar-refractivity contribution in [2.24, 2.45) is 0 Å². The lowest BCUT2D eigenvalue weighted by Crippen LogP contribution is -2.35. The van der Waals surface area contributed by atoms with Crippen molar-refractivity contribution in [3.63, 3.8) is 0 Å². The predicted octanol–water partition coefficient (Wildman–Crippen LogP) is 1.04. The van der Waals surface area contributed by atoms with E-state index in [1.165, 1.54) is 4.31 Å². The van der Waals surface area contributed by atoms with Gasteiger partial charge in [-0.25, -0.2) is 8.42 Å². The maximum absolute atomic E-state index is 12.4. The summed E-state index contributed by atoms with van der Waals surface area (Å²) in [6, 6.07) is 3.21. The van der Waals surface area contributed by atoms with Crippen LogP contribution in [0.25, 0.3) is 0 Å². The second-order valence-corrected chi connectivity index (χ2v) is 7.61. The molecule has 0 amide bonds. The van der Waals surface area contributed by atoms with Gasteiger partial charge in [0.15, 0.2) is 0 Å². The first-order valence-electron chi connectivity index (χ1n) is 5.85. The third-order valence-corrected chi connectivity index (χ3v) is 6.20. The Balaban J connectivity index is 2.23. The van der Waals surface area contributed by atoms with Crippen LogP contribution in [-0.2, 0) is 21.4 Å². The van der Waals surface area contributed by atoms with Crippen LogP contribution >= 0.6 is 11.3 Å². The molecule has 1 atom stereocenters. The van der Waals surface area contributed by atoms with E-state index in [0.717, 1.165) is 11.3 Å². The lowest BCUT2D eigenvalue weighted by atomic mass is 10.4. The Morgan fingerprint density at radius 1 is 1.56 bits per heavy atom. The van der Waals surface area contributed by atoms with Gasteiger partial charge in [0.25, 0.3) is 10.0 Å². The van der Waals surface area contributed by atoms with E-state index >= 15 is 0 Å². The van der Waals surface area contributed by atoms with Crippen molar-refractivity contribution in [3.8, 4) is 0 Å². The Hall–Kier alpha value is -0.470. The van der Waals surface area contributed by atoms with Crippen LogP contribution in [0.4, 0.5) is 0 Å². The molecule has 0 aliphatic carbocycles. The average molecular weight is 291 g/mol. The smallest absolute Gasteiger partial charge is 0.252 e. The molecule has 1 aromatic rings. The standard InChI is InChI=1S/C11H17NO4S2/c1-9-7-12(5-2-6-16-9)18(14,15)11-4-3-10(8-13)17-11/h3-4,9,13H,2,5-8H2,1H3. The summed E-state index contributed by atoms with van der Waals surface area (Å²) in [7, 11) is -3.45. The van der Waals surface area contributed by atoms with Gasteiger partial charge in [0.1, 0.15) is 4.21 Å². The van der Waals surface area contributed by atoms with Crippen molar-refractivity contribution in [1.82, 2.24) is 4.31 Å². The summed E-state index contributed by atoms with van der Waals surface area (Å²) in [4.78, 5) is 0.660.